The zero-order valence-electron chi connectivity index (χ0n) is 10.1. The highest BCUT2D eigenvalue weighted by Crippen LogP contribution is 2.16. The molecule has 2 amide bonds. The number of hydrogen-bond acceptors (Lipinski definition) is 3. The number of nitrogens with zero attached hydrogens (tertiary/aromatic N) is 3. The van der Waals surface area contributed by atoms with Crippen LogP contribution in [0.2, 0.25) is 0 Å². The number of aromatic nitrogens is 1. The van der Waals surface area contributed by atoms with Crippen molar-refractivity contribution in [3.8, 4) is 0 Å². The number of carbonyl (C=O) groups excluding carboxylic acids is 2. The summed E-state index contributed by atoms with van der Waals surface area (Å²) in [5.74, 6) is -0.181. The first-order chi connectivity index (χ1) is 8.59. The van der Waals surface area contributed by atoms with Gasteiger partial charge in [0.05, 0.1) is 5.56 Å². The Balaban J connectivity index is 2.19. The van der Waals surface area contributed by atoms with E-state index in [9.17, 15) is 9.59 Å². The van der Waals surface area contributed by atoms with E-state index in [2.05, 4.69) is 20.9 Å². The minimum absolute atomic E-state index is 0.0270. The fraction of sp³-hybridized carbons (Fsp3) is 0.417. The van der Waals surface area contributed by atoms with Gasteiger partial charge in [-0.1, -0.05) is 0 Å². The lowest BCUT2D eigenvalue weighted by atomic mass is 10.2. The number of carbonyl (C=O) groups is 2. The minimum atomic E-state index is -0.154. The molecule has 0 aliphatic carbocycles. The quantitative estimate of drug-likeness (QED) is 0.731. The topological polar surface area (TPSA) is 53.5 Å². The Kier molecular flexibility index (Phi) is 3.96. The van der Waals surface area contributed by atoms with Crippen molar-refractivity contribution in [3.05, 3.63) is 28.5 Å². The zero-order valence-corrected chi connectivity index (χ0v) is 11.7. The third-order valence-corrected chi connectivity index (χ3v) is 3.58. The summed E-state index contributed by atoms with van der Waals surface area (Å²) in [5.41, 5.74) is 0.495. The summed E-state index contributed by atoms with van der Waals surface area (Å²) in [5, 5.41) is 0. The Labute approximate surface area is 114 Å². The number of halogens is 1. The molecular formula is C12H14BrN3O2. The molecular weight excluding hydrogens is 298 g/mol. The van der Waals surface area contributed by atoms with Crippen molar-refractivity contribution in [1.82, 2.24) is 14.8 Å². The molecule has 18 heavy (non-hydrogen) atoms. The van der Waals surface area contributed by atoms with Crippen molar-refractivity contribution in [2.24, 2.45) is 0 Å². The monoisotopic (exact) mass is 311 g/mol. The summed E-state index contributed by atoms with van der Waals surface area (Å²) in [6.07, 6.45) is 2.41. The van der Waals surface area contributed by atoms with Gasteiger partial charge in [-0.05, 0) is 34.5 Å². The molecule has 0 aromatic carbocycles. The molecule has 1 aliphatic rings. The largest absolute Gasteiger partial charge is 0.344 e. The molecule has 0 spiro atoms. The van der Waals surface area contributed by atoms with E-state index in [4.69, 9.17) is 0 Å². The molecule has 1 aliphatic heterocycles. The average molecular weight is 312 g/mol. The Morgan fingerprint density at radius 3 is 2.94 bits per heavy atom. The molecule has 0 bridgehead atoms. The summed E-state index contributed by atoms with van der Waals surface area (Å²) in [6, 6.07) is 3.42. The van der Waals surface area contributed by atoms with Crippen molar-refractivity contribution in [2.75, 3.05) is 26.7 Å². The smallest absolute Gasteiger partial charge is 0.257 e. The van der Waals surface area contributed by atoms with Crippen molar-refractivity contribution in [2.45, 2.75) is 6.42 Å². The highest BCUT2D eigenvalue weighted by molar-refractivity contribution is 9.10. The van der Waals surface area contributed by atoms with Gasteiger partial charge >= 0.3 is 0 Å². The second-order valence-electron chi connectivity index (χ2n) is 4.24. The van der Waals surface area contributed by atoms with Gasteiger partial charge in [0.1, 0.15) is 11.1 Å². The highest BCUT2D eigenvalue weighted by Gasteiger charge is 2.24. The van der Waals surface area contributed by atoms with E-state index >= 15 is 0 Å². The minimum Gasteiger partial charge on any atom is -0.344 e. The van der Waals surface area contributed by atoms with E-state index < -0.39 is 0 Å². The summed E-state index contributed by atoms with van der Waals surface area (Å²) in [6.45, 7) is 1.42. The molecule has 1 saturated heterocycles. The van der Waals surface area contributed by atoms with Crippen LogP contribution in [-0.4, -0.2) is 53.3 Å². The molecule has 1 fully saturated rings. The molecule has 0 radical (unpaired) electrons. The van der Waals surface area contributed by atoms with Crippen LogP contribution in [0, 0.1) is 0 Å². The van der Waals surface area contributed by atoms with Crippen molar-refractivity contribution < 1.29 is 9.59 Å². The molecule has 96 valence electrons. The van der Waals surface area contributed by atoms with Gasteiger partial charge in [0, 0.05) is 26.3 Å². The standard InChI is InChI=1S/C12H14BrN3O2/c1-15-6-3-7-16(8-10(15)17)12(18)9-4-2-5-14-11(9)13/h2,4-5H,3,6-8H2,1H3. The zero-order chi connectivity index (χ0) is 13.1. The van der Waals surface area contributed by atoms with Crippen LogP contribution in [0.25, 0.3) is 0 Å². The molecule has 2 heterocycles. The van der Waals surface area contributed by atoms with Crippen LogP contribution in [-0.2, 0) is 4.79 Å². The third-order valence-electron chi connectivity index (χ3n) is 2.95. The number of rotatable bonds is 1. The van der Waals surface area contributed by atoms with Crippen LogP contribution in [0.1, 0.15) is 16.8 Å². The van der Waals surface area contributed by atoms with Crippen LogP contribution >= 0.6 is 15.9 Å². The normalized spacial score (nSPS) is 16.7. The predicted octanol–water partition coefficient (Wildman–Crippen LogP) is 1.15. The Hall–Kier alpha value is -1.43. The van der Waals surface area contributed by atoms with E-state index in [-0.39, 0.29) is 18.4 Å². The lowest BCUT2D eigenvalue weighted by Gasteiger charge is -2.20. The van der Waals surface area contributed by atoms with Crippen LogP contribution < -0.4 is 0 Å². The molecule has 0 atom stereocenters. The summed E-state index contributed by atoms with van der Waals surface area (Å²) >= 11 is 3.26. The van der Waals surface area contributed by atoms with Gasteiger partial charge in [0.2, 0.25) is 5.91 Å². The molecule has 5 nitrogen and oxygen atoms in total. The number of amides is 2. The SMILES string of the molecule is CN1CCCN(C(=O)c2cccnc2Br)CC1=O. The van der Waals surface area contributed by atoms with Crippen molar-refractivity contribution in [1.29, 1.82) is 0 Å². The maximum atomic E-state index is 12.3. The summed E-state index contributed by atoms with van der Waals surface area (Å²) in [7, 11) is 1.76. The summed E-state index contributed by atoms with van der Waals surface area (Å²) < 4.78 is 0.514. The van der Waals surface area contributed by atoms with E-state index in [1.54, 1.807) is 35.2 Å². The van der Waals surface area contributed by atoms with Gasteiger partial charge in [0.25, 0.3) is 5.91 Å². The third kappa shape index (κ3) is 2.69. The molecule has 1 aromatic rings. The van der Waals surface area contributed by atoms with Gasteiger partial charge < -0.3 is 9.80 Å². The second kappa shape index (κ2) is 5.48. The maximum Gasteiger partial charge on any atom is 0.257 e. The molecule has 2 rings (SSSR count). The van der Waals surface area contributed by atoms with Crippen molar-refractivity contribution in [3.63, 3.8) is 0 Å². The van der Waals surface area contributed by atoms with E-state index in [1.165, 1.54) is 0 Å². The van der Waals surface area contributed by atoms with Gasteiger partial charge in [-0.25, -0.2) is 4.98 Å². The first kappa shape index (κ1) is 13.0. The molecule has 6 heteroatoms. The van der Waals surface area contributed by atoms with Gasteiger partial charge in [-0.15, -0.1) is 0 Å². The first-order valence-corrected chi connectivity index (χ1v) is 6.52. The Bertz CT molecular complexity index is 478. The van der Waals surface area contributed by atoms with Crippen molar-refractivity contribution >= 4 is 27.7 Å². The van der Waals surface area contributed by atoms with Gasteiger partial charge in [-0.2, -0.15) is 0 Å². The van der Waals surface area contributed by atoms with Crippen LogP contribution in [0.4, 0.5) is 0 Å². The van der Waals surface area contributed by atoms with Crippen LogP contribution in [0.3, 0.4) is 0 Å². The fourth-order valence-corrected chi connectivity index (χ4v) is 2.30. The van der Waals surface area contributed by atoms with E-state index in [1.807, 2.05) is 0 Å². The highest BCUT2D eigenvalue weighted by atomic mass is 79.9. The lowest BCUT2D eigenvalue weighted by Crippen LogP contribution is -2.38. The molecule has 1 aromatic heterocycles. The molecule has 0 saturated carbocycles. The van der Waals surface area contributed by atoms with E-state index in [0.29, 0.717) is 23.3 Å². The number of likely N-dealkylation sites (N-methyl/N-ethyl adjacent to an activating group) is 1. The maximum absolute atomic E-state index is 12.3. The average Bonchev–Trinajstić information content (AvgIpc) is 2.52. The Morgan fingerprint density at radius 1 is 1.44 bits per heavy atom. The van der Waals surface area contributed by atoms with Gasteiger partial charge in [0.15, 0.2) is 0 Å². The van der Waals surface area contributed by atoms with Crippen LogP contribution in [0.5, 0.6) is 0 Å². The number of hydrogen-bond donors (Lipinski definition) is 0. The van der Waals surface area contributed by atoms with Gasteiger partial charge in [-0.3, -0.25) is 9.59 Å². The fourth-order valence-electron chi connectivity index (χ4n) is 1.88. The lowest BCUT2D eigenvalue weighted by molar-refractivity contribution is -0.129. The predicted molar refractivity (Wildman–Crippen MR) is 70.1 cm³/mol. The van der Waals surface area contributed by atoms with Crippen LogP contribution in [0.15, 0.2) is 22.9 Å². The Morgan fingerprint density at radius 2 is 2.22 bits per heavy atom. The summed E-state index contributed by atoms with van der Waals surface area (Å²) in [4.78, 5) is 31.3. The first-order valence-electron chi connectivity index (χ1n) is 5.73. The molecule has 0 unspecified atom stereocenters. The molecule has 0 N–H and O–H groups in total. The number of pyridine rings is 1. The second-order valence-corrected chi connectivity index (χ2v) is 4.99. The van der Waals surface area contributed by atoms with E-state index in [0.717, 1.165) is 6.42 Å².